The van der Waals surface area contributed by atoms with Crippen LogP contribution in [0.5, 0.6) is 0 Å². The van der Waals surface area contributed by atoms with E-state index in [2.05, 4.69) is 25.1 Å². The zero-order valence-corrected chi connectivity index (χ0v) is 10.7. The van der Waals surface area contributed by atoms with Gasteiger partial charge in [-0.2, -0.15) is 0 Å². The molecule has 0 amide bonds. The SMILES string of the molecule is C#CCC(NCCC)C1(OCC)CCCC1. The maximum absolute atomic E-state index is 6.04. The van der Waals surface area contributed by atoms with Crippen molar-refractivity contribution in [2.75, 3.05) is 13.2 Å². The standard InChI is InChI=1S/C14H25NO/c1-4-9-13(15-12-5-2)14(16-6-3)10-7-8-11-14/h1,13,15H,5-12H2,2-3H3. The fraction of sp³-hybridized carbons (Fsp3) is 0.857. The summed E-state index contributed by atoms with van der Waals surface area (Å²) < 4.78 is 6.04. The van der Waals surface area contributed by atoms with Gasteiger partial charge in [0.1, 0.15) is 0 Å². The number of hydrogen-bond acceptors (Lipinski definition) is 2. The Morgan fingerprint density at radius 1 is 1.38 bits per heavy atom. The third kappa shape index (κ3) is 3.23. The van der Waals surface area contributed by atoms with Gasteiger partial charge in [-0.05, 0) is 32.7 Å². The molecule has 0 heterocycles. The highest BCUT2D eigenvalue weighted by molar-refractivity contribution is 5.03. The Balaban J connectivity index is 2.66. The van der Waals surface area contributed by atoms with E-state index in [0.717, 1.165) is 38.8 Å². The molecule has 0 aromatic carbocycles. The lowest BCUT2D eigenvalue weighted by atomic mass is 9.89. The van der Waals surface area contributed by atoms with Crippen LogP contribution in [0.25, 0.3) is 0 Å². The van der Waals surface area contributed by atoms with Crippen molar-refractivity contribution >= 4 is 0 Å². The van der Waals surface area contributed by atoms with E-state index < -0.39 is 0 Å². The van der Waals surface area contributed by atoms with Crippen LogP contribution in [0.2, 0.25) is 0 Å². The molecule has 1 unspecified atom stereocenters. The van der Waals surface area contributed by atoms with E-state index >= 15 is 0 Å². The van der Waals surface area contributed by atoms with Crippen LogP contribution in [0.3, 0.4) is 0 Å². The van der Waals surface area contributed by atoms with Gasteiger partial charge in [-0.25, -0.2) is 0 Å². The molecular formula is C14H25NO. The molecule has 1 fully saturated rings. The van der Waals surface area contributed by atoms with Crippen molar-refractivity contribution in [2.24, 2.45) is 0 Å². The van der Waals surface area contributed by atoms with Crippen LogP contribution in [0.15, 0.2) is 0 Å². The molecule has 0 spiro atoms. The molecule has 1 aliphatic carbocycles. The van der Waals surface area contributed by atoms with Gasteiger partial charge >= 0.3 is 0 Å². The van der Waals surface area contributed by atoms with E-state index in [1.54, 1.807) is 0 Å². The van der Waals surface area contributed by atoms with Gasteiger partial charge in [-0.15, -0.1) is 12.3 Å². The van der Waals surface area contributed by atoms with Crippen LogP contribution < -0.4 is 5.32 Å². The van der Waals surface area contributed by atoms with E-state index in [-0.39, 0.29) is 5.60 Å². The number of terminal acetylenes is 1. The summed E-state index contributed by atoms with van der Waals surface area (Å²) in [5.41, 5.74) is 0.0102. The summed E-state index contributed by atoms with van der Waals surface area (Å²) in [5.74, 6) is 2.79. The number of nitrogens with one attached hydrogen (secondary N) is 1. The molecule has 92 valence electrons. The second-order valence-electron chi connectivity index (χ2n) is 4.62. The highest BCUT2D eigenvalue weighted by Crippen LogP contribution is 2.37. The van der Waals surface area contributed by atoms with Gasteiger partial charge in [0.05, 0.1) is 5.60 Å². The molecule has 1 atom stereocenters. The maximum atomic E-state index is 6.04. The highest BCUT2D eigenvalue weighted by atomic mass is 16.5. The van der Waals surface area contributed by atoms with E-state index in [1.807, 2.05) is 0 Å². The van der Waals surface area contributed by atoms with Crippen LogP contribution in [0.1, 0.15) is 52.4 Å². The predicted molar refractivity (Wildman–Crippen MR) is 68.4 cm³/mol. The quantitative estimate of drug-likeness (QED) is 0.670. The summed E-state index contributed by atoms with van der Waals surface area (Å²) in [6.45, 7) is 6.07. The van der Waals surface area contributed by atoms with Crippen molar-refractivity contribution in [3.8, 4) is 12.3 Å². The molecule has 16 heavy (non-hydrogen) atoms. The van der Waals surface area contributed by atoms with Crippen molar-refractivity contribution in [1.29, 1.82) is 0 Å². The van der Waals surface area contributed by atoms with Crippen LogP contribution in [-0.4, -0.2) is 24.8 Å². The average molecular weight is 223 g/mol. The van der Waals surface area contributed by atoms with E-state index in [0.29, 0.717) is 6.04 Å². The molecule has 0 bridgehead atoms. The Kier molecular flexibility index (Phi) is 5.87. The molecule has 0 aromatic heterocycles. The third-order valence-corrected chi connectivity index (χ3v) is 3.48. The molecule has 0 aromatic rings. The fourth-order valence-electron chi connectivity index (χ4n) is 2.73. The van der Waals surface area contributed by atoms with Gasteiger partial charge < -0.3 is 10.1 Å². The third-order valence-electron chi connectivity index (χ3n) is 3.48. The minimum atomic E-state index is 0.0102. The first-order chi connectivity index (χ1) is 7.79. The van der Waals surface area contributed by atoms with Crippen molar-refractivity contribution in [3.63, 3.8) is 0 Å². The summed E-state index contributed by atoms with van der Waals surface area (Å²) in [7, 11) is 0. The number of ether oxygens (including phenoxy) is 1. The van der Waals surface area contributed by atoms with E-state index in [9.17, 15) is 0 Å². The Hall–Kier alpha value is -0.520. The number of rotatable bonds is 7. The summed E-state index contributed by atoms with van der Waals surface area (Å²) >= 11 is 0. The highest BCUT2D eigenvalue weighted by Gasteiger charge is 2.41. The van der Waals surface area contributed by atoms with Gasteiger partial charge in [-0.1, -0.05) is 19.8 Å². The van der Waals surface area contributed by atoms with E-state index in [4.69, 9.17) is 11.2 Å². The topological polar surface area (TPSA) is 21.3 Å². The fourth-order valence-corrected chi connectivity index (χ4v) is 2.73. The molecule has 1 saturated carbocycles. The van der Waals surface area contributed by atoms with Gasteiger partial charge in [0.15, 0.2) is 0 Å². The molecule has 1 aliphatic rings. The van der Waals surface area contributed by atoms with Crippen LogP contribution >= 0.6 is 0 Å². The van der Waals surface area contributed by atoms with Crippen molar-refractivity contribution in [2.45, 2.75) is 64.0 Å². The Morgan fingerprint density at radius 2 is 2.06 bits per heavy atom. The Bertz CT molecular complexity index is 225. The molecule has 0 saturated heterocycles. The lowest BCUT2D eigenvalue weighted by molar-refractivity contribution is -0.0601. The summed E-state index contributed by atoms with van der Waals surface area (Å²) in [4.78, 5) is 0. The molecule has 2 nitrogen and oxygen atoms in total. The zero-order valence-electron chi connectivity index (χ0n) is 10.7. The Morgan fingerprint density at radius 3 is 2.56 bits per heavy atom. The monoisotopic (exact) mass is 223 g/mol. The molecule has 1 N–H and O–H groups in total. The molecule has 1 rings (SSSR count). The second kappa shape index (κ2) is 6.93. The van der Waals surface area contributed by atoms with Gasteiger partial charge in [0.2, 0.25) is 0 Å². The summed E-state index contributed by atoms with van der Waals surface area (Å²) in [5, 5.41) is 3.57. The maximum Gasteiger partial charge on any atom is 0.0843 e. The minimum absolute atomic E-state index is 0.0102. The molecule has 0 aliphatic heterocycles. The lowest BCUT2D eigenvalue weighted by Crippen LogP contribution is -2.51. The first-order valence-corrected chi connectivity index (χ1v) is 6.60. The molecule has 2 heteroatoms. The van der Waals surface area contributed by atoms with Crippen LogP contribution in [0, 0.1) is 12.3 Å². The van der Waals surface area contributed by atoms with Gasteiger partial charge in [0.25, 0.3) is 0 Å². The summed E-state index contributed by atoms with van der Waals surface area (Å²) in [6, 6.07) is 0.333. The van der Waals surface area contributed by atoms with Crippen molar-refractivity contribution < 1.29 is 4.74 Å². The largest absolute Gasteiger partial charge is 0.374 e. The second-order valence-corrected chi connectivity index (χ2v) is 4.62. The normalized spacial score (nSPS) is 20.6. The average Bonchev–Trinajstić information content (AvgIpc) is 2.74. The first-order valence-electron chi connectivity index (χ1n) is 6.60. The summed E-state index contributed by atoms with van der Waals surface area (Å²) in [6.07, 6.45) is 12.3. The zero-order chi connectivity index (χ0) is 11.9. The van der Waals surface area contributed by atoms with E-state index in [1.165, 1.54) is 12.8 Å². The van der Waals surface area contributed by atoms with Gasteiger partial charge in [-0.3, -0.25) is 0 Å². The number of hydrogen-bond donors (Lipinski definition) is 1. The van der Waals surface area contributed by atoms with Crippen molar-refractivity contribution in [3.05, 3.63) is 0 Å². The molecular weight excluding hydrogens is 198 g/mol. The van der Waals surface area contributed by atoms with Crippen molar-refractivity contribution in [1.82, 2.24) is 5.32 Å². The predicted octanol–water partition coefficient (Wildman–Crippen LogP) is 2.73. The first kappa shape index (κ1) is 13.5. The smallest absolute Gasteiger partial charge is 0.0843 e. The van der Waals surface area contributed by atoms with Gasteiger partial charge in [0, 0.05) is 19.1 Å². The Labute approximate surface area is 100 Å². The van der Waals surface area contributed by atoms with Crippen LogP contribution in [-0.2, 0) is 4.74 Å². The lowest BCUT2D eigenvalue weighted by Gasteiger charge is -2.37. The van der Waals surface area contributed by atoms with Crippen LogP contribution in [0.4, 0.5) is 0 Å². The molecule has 0 radical (unpaired) electrons. The minimum Gasteiger partial charge on any atom is -0.374 e.